The fraction of sp³-hybridized carbons (Fsp3) is 0.909. The predicted octanol–water partition coefficient (Wildman–Crippen LogP) is 3.37. The first kappa shape index (κ1) is 13.8. The van der Waals surface area contributed by atoms with Crippen molar-refractivity contribution >= 4 is 18.6 Å². The van der Waals surface area contributed by atoms with Crippen LogP contribution in [0.3, 0.4) is 0 Å². The molecular formula is C11H22O2S. The first-order chi connectivity index (χ1) is 6.63. The van der Waals surface area contributed by atoms with E-state index in [0.29, 0.717) is 5.75 Å². The van der Waals surface area contributed by atoms with E-state index in [1.54, 1.807) is 0 Å². The van der Waals surface area contributed by atoms with Gasteiger partial charge in [-0.25, -0.2) is 0 Å². The van der Waals surface area contributed by atoms with Crippen molar-refractivity contribution in [1.82, 2.24) is 0 Å². The Hall–Kier alpha value is -0.180. The van der Waals surface area contributed by atoms with Gasteiger partial charge in [-0.1, -0.05) is 39.5 Å². The van der Waals surface area contributed by atoms with Crippen LogP contribution in [0.25, 0.3) is 0 Å². The molecular weight excluding hydrogens is 196 g/mol. The fourth-order valence-corrected chi connectivity index (χ4v) is 2.05. The van der Waals surface area contributed by atoms with Gasteiger partial charge in [0.1, 0.15) is 0 Å². The topological polar surface area (TPSA) is 37.3 Å². The van der Waals surface area contributed by atoms with Gasteiger partial charge in [-0.15, -0.1) is 0 Å². The highest BCUT2D eigenvalue weighted by molar-refractivity contribution is 7.80. The fourth-order valence-electron chi connectivity index (χ4n) is 1.59. The molecule has 0 saturated carbocycles. The highest BCUT2D eigenvalue weighted by Gasteiger charge is 2.35. The van der Waals surface area contributed by atoms with Gasteiger partial charge in [0.15, 0.2) is 0 Å². The molecule has 84 valence electrons. The van der Waals surface area contributed by atoms with Crippen LogP contribution >= 0.6 is 12.6 Å². The minimum Gasteiger partial charge on any atom is -0.481 e. The van der Waals surface area contributed by atoms with Crippen molar-refractivity contribution in [1.29, 1.82) is 0 Å². The van der Waals surface area contributed by atoms with Gasteiger partial charge in [0.25, 0.3) is 0 Å². The second-order valence-electron chi connectivity index (χ2n) is 3.95. The third-order valence-electron chi connectivity index (χ3n) is 2.77. The summed E-state index contributed by atoms with van der Waals surface area (Å²) in [5.41, 5.74) is -0.574. The summed E-state index contributed by atoms with van der Waals surface area (Å²) in [7, 11) is 0. The summed E-state index contributed by atoms with van der Waals surface area (Å²) in [6, 6.07) is 0. The van der Waals surface area contributed by atoms with Crippen LogP contribution in [0.2, 0.25) is 0 Å². The van der Waals surface area contributed by atoms with Crippen molar-refractivity contribution in [3.8, 4) is 0 Å². The number of aliphatic carboxylic acids is 1. The minimum atomic E-state index is -0.672. The molecule has 0 aliphatic rings. The number of unbranched alkanes of at least 4 members (excludes halogenated alkanes) is 2. The molecule has 0 fully saturated rings. The van der Waals surface area contributed by atoms with Crippen LogP contribution in [0.5, 0.6) is 0 Å². The van der Waals surface area contributed by atoms with Crippen molar-refractivity contribution in [3.05, 3.63) is 0 Å². The Balaban J connectivity index is 4.35. The van der Waals surface area contributed by atoms with Crippen molar-refractivity contribution in [2.45, 2.75) is 52.4 Å². The molecule has 0 rings (SSSR count). The molecule has 0 radical (unpaired) electrons. The summed E-state index contributed by atoms with van der Waals surface area (Å²) in [6.45, 7) is 4.18. The average molecular weight is 218 g/mol. The predicted molar refractivity (Wildman–Crippen MR) is 63.0 cm³/mol. The summed E-state index contributed by atoms with van der Waals surface area (Å²) < 4.78 is 0. The lowest BCUT2D eigenvalue weighted by molar-refractivity contribution is -0.148. The molecule has 1 N–H and O–H groups in total. The number of hydrogen-bond acceptors (Lipinski definition) is 2. The summed E-state index contributed by atoms with van der Waals surface area (Å²) in [6.07, 6.45) is 5.60. The van der Waals surface area contributed by atoms with Crippen LogP contribution < -0.4 is 0 Å². The zero-order valence-corrected chi connectivity index (χ0v) is 10.1. The molecule has 14 heavy (non-hydrogen) atoms. The molecule has 0 amide bonds. The van der Waals surface area contributed by atoms with Crippen LogP contribution in [0.15, 0.2) is 0 Å². The van der Waals surface area contributed by atoms with Crippen LogP contribution in [0, 0.1) is 5.41 Å². The van der Waals surface area contributed by atoms with Gasteiger partial charge in [0.05, 0.1) is 5.41 Å². The van der Waals surface area contributed by atoms with Crippen molar-refractivity contribution in [2.24, 2.45) is 5.41 Å². The molecule has 0 aliphatic carbocycles. The van der Waals surface area contributed by atoms with Gasteiger partial charge in [-0.2, -0.15) is 12.6 Å². The maximum atomic E-state index is 11.2. The van der Waals surface area contributed by atoms with Crippen LogP contribution in [-0.4, -0.2) is 16.8 Å². The molecule has 0 aliphatic heterocycles. The quantitative estimate of drug-likeness (QED) is 0.613. The van der Waals surface area contributed by atoms with Crippen molar-refractivity contribution < 1.29 is 9.90 Å². The van der Waals surface area contributed by atoms with E-state index in [9.17, 15) is 9.90 Å². The molecule has 0 heterocycles. The monoisotopic (exact) mass is 218 g/mol. The molecule has 0 bridgehead atoms. The molecule has 3 heteroatoms. The van der Waals surface area contributed by atoms with Gasteiger partial charge in [0.2, 0.25) is 0 Å². The van der Waals surface area contributed by atoms with Crippen LogP contribution in [-0.2, 0) is 4.79 Å². The highest BCUT2D eigenvalue weighted by Crippen LogP contribution is 2.32. The van der Waals surface area contributed by atoms with Crippen molar-refractivity contribution in [2.75, 3.05) is 5.75 Å². The van der Waals surface area contributed by atoms with Crippen LogP contribution in [0.4, 0.5) is 0 Å². The van der Waals surface area contributed by atoms with Gasteiger partial charge in [-0.05, 0) is 12.8 Å². The third kappa shape index (κ3) is 3.91. The average Bonchev–Trinajstić information content (AvgIpc) is 2.18. The van der Waals surface area contributed by atoms with Gasteiger partial charge in [-0.3, -0.25) is 4.79 Å². The summed E-state index contributed by atoms with van der Waals surface area (Å²) >= 11 is 4.21. The van der Waals surface area contributed by atoms with E-state index in [0.717, 1.165) is 38.5 Å². The smallest absolute Gasteiger partial charge is 0.310 e. The Kier molecular flexibility index (Phi) is 7.06. The Morgan fingerprint density at radius 2 is 1.64 bits per heavy atom. The number of carboxylic acid groups (broad SMARTS) is 1. The summed E-state index contributed by atoms with van der Waals surface area (Å²) in [4.78, 5) is 11.2. The maximum Gasteiger partial charge on any atom is 0.310 e. The standard InChI is InChI=1S/C11H22O2S/c1-3-5-7-11(9-14,10(12)13)8-6-4-2/h14H,3-9H2,1-2H3,(H,12,13). The van der Waals surface area contributed by atoms with Crippen molar-refractivity contribution in [3.63, 3.8) is 0 Å². The Bertz CT molecular complexity index is 161. The second kappa shape index (κ2) is 7.16. The molecule has 0 spiro atoms. The lowest BCUT2D eigenvalue weighted by Crippen LogP contribution is -2.33. The molecule has 0 unspecified atom stereocenters. The number of hydrogen-bond donors (Lipinski definition) is 2. The van der Waals surface area contributed by atoms with E-state index in [2.05, 4.69) is 26.5 Å². The number of rotatable bonds is 8. The van der Waals surface area contributed by atoms with E-state index >= 15 is 0 Å². The van der Waals surface area contributed by atoms with Gasteiger partial charge >= 0.3 is 5.97 Å². The molecule has 0 saturated heterocycles. The van der Waals surface area contributed by atoms with E-state index in [1.807, 2.05) is 0 Å². The van der Waals surface area contributed by atoms with Gasteiger partial charge < -0.3 is 5.11 Å². The van der Waals surface area contributed by atoms with E-state index in [1.165, 1.54) is 0 Å². The molecule has 0 aromatic heterocycles. The second-order valence-corrected chi connectivity index (χ2v) is 4.27. The summed E-state index contributed by atoms with van der Waals surface area (Å²) in [5, 5.41) is 9.23. The van der Waals surface area contributed by atoms with E-state index < -0.39 is 11.4 Å². The molecule has 0 atom stereocenters. The first-order valence-electron chi connectivity index (χ1n) is 5.47. The highest BCUT2D eigenvalue weighted by atomic mass is 32.1. The number of carbonyl (C=O) groups is 1. The Morgan fingerprint density at radius 1 is 1.21 bits per heavy atom. The normalized spacial score (nSPS) is 11.6. The first-order valence-corrected chi connectivity index (χ1v) is 6.10. The lowest BCUT2D eigenvalue weighted by Gasteiger charge is -2.27. The maximum absolute atomic E-state index is 11.2. The van der Waals surface area contributed by atoms with E-state index in [4.69, 9.17) is 0 Å². The SMILES string of the molecule is CCCCC(CS)(CCCC)C(=O)O. The molecule has 2 nitrogen and oxygen atoms in total. The summed E-state index contributed by atoms with van der Waals surface area (Å²) in [5.74, 6) is -0.211. The Morgan fingerprint density at radius 3 is 1.86 bits per heavy atom. The Labute approximate surface area is 92.5 Å². The molecule has 0 aromatic carbocycles. The minimum absolute atomic E-state index is 0.461. The molecule has 0 aromatic rings. The van der Waals surface area contributed by atoms with E-state index in [-0.39, 0.29) is 0 Å². The van der Waals surface area contributed by atoms with Crippen LogP contribution in [0.1, 0.15) is 52.4 Å². The lowest BCUT2D eigenvalue weighted by atomic mass is 9.80. The largest absolute Gasteiger partial charge is 0.481 e. The number of thiol groups is 1. The zero-order valence-electron chi connectivity index (χ0n) is 9.25. The zero-order chi connectivity index (χ0) is 11.0. The third-order valence-corrected chi connectivity index (χ3v) is 3.38. The van der Waals surface area contributed by atoms with Gasteiger partial charge in [0, 0.05) is 5.75 Å². The number of carboxylic acids is 1.